The number of fused-ring (bicyclic) bond motifs is 1. The Hall–Kier alpha value is -1.76. The van der Waals surface area contributed by atoms with Crippen LogP contribution >= 0.6 is 11.8 Å². The van der Waals surface area contributed by atoms with Crippen molar-refractivity contribution >= 4 is 29.4 Å². The van der Waals surface area contributed by atoms with Crippen molar-refractivity contribution < 1.29 is 19.1 Å². The molecule has 1 fully saturated rings. The Balaban J connectivity index is 1.86. The third kappa shape index (κ3) is 2.11. The quantitative estimate of drug-likeness (QED) is 0.858. The highest BCUT2D eigenvalue weighted by molar-refractivity contribution is 7.99. The van der Waals surface area contributed by atoms with Gasteiger partial charge in [0.2, 0.25) is 0 Å². The first-order valence-corrected chi connectivity index (χ1v) is 7.40. The van der Waals surface area contributed by atoms with Crippen molar-refractivity contribution in [2.24, 2.45) is 0 Å². The van der Waals surface area contributed by atoms with Crippen molar-refractivity contribution in [2.75, 3.05) is 23.1 Å². The highest BCUT2D eigenvalue weighted by Gasteiger charge is 2.38. The lowest BCUT2D eigenvalue weighted by Crippen LogP contribution is -2.48. The highest BCUT2D eigenvalue weighted by Crippen LogP contribution is 2.31. The summed E-state index contributed by atoms with van der Waals surface area (Å²) in [6.45, 7) is 0.463. The van der Waals surface area contributed by atoms with Gasteiger partial charge in [-0.1, -0.05) is 6.07 Å². The zero-order valence-corrected chi connectivity index (χ0v) is 11.4. The Morgan fingerprint density at radius 3 is 2.95 bits per heavy atom. The molecule has 7 heteroatoms. The number of thioether (sulfide) groups is 1. The van der Waals surface area contributed by atoms with Crippen LogP contribution in [-0.4, -0.2) is 46.2 Å². The van der Waals surface area contributed by atoms with Gasteiger partial charge in [0.1, 0.15) is 11.9 Å². The molecule has 2 heterocycles. The highest BCUT2D eigenvalue weighted by atomic mass is 32.2. The van der Waals surface area contributed by atoms with E-state index < -0.39 is 17.8 Å². The van der Waals surface area contributed by atoms with E-state index in [4.69, 9.17) is 5.11 Å². The molecule has 106 valence electrons. The van der Waals surface area contributed by atoms with Gasteiger partial charge in [-0.05, 0) is 24.1 Å². The number of halogens is 1. The van der Waals surface area contributed by atoms with Crippen molar-refractivity contribution in [3.8, 4) is 0 Å². The van der Waals surface area contributed by atoms with Gasteiger partial charge in [-0.15, -0.1) is 11.8 Å². The van der Waals surface area contributed by atoms with Crippen LogP contribution in [0.3, 0.4) is 0 Å². The first-order chi connectivity index (χ1) is 9.58. The average Bonchev–Trinajstić information content (AvgIpc) is 3.04. The molecule has 0 saturated carbocycles. The third-order valence-corrected chi connectivity index (χ3v) is 4.60. The molecular formula is C13H13FN2O3S. The summed E-state index contributed by atoms with van der Waals surface area (Å²) in [6, 6.07) is 3.22. The molecule has 2 amide bonds. The molecule has 1 atom stereocenters. The monoisotopic (exact) mass is 296 g/mol. The van der Waals surface area contributed by atoms with E-state index in [0.717, 1.165) is 5.56 Å². The van der Waals surface area contributed by atoms with Gasteiger partial charge in [0.15, 0.2) is 0 Å². The number of amides is 2. The summed E-state index contributed by atoms with van der Waals surface area (Å²) in [5.41, 5.74) is 1.47. The predicted octanol–water partition coefficient (Wildman–Crippen LogP) is 1.77. The van der Waals surface area contributed by atoms with E-state index in [9.17, 15) is 14.0 Å². The van der Waals surface area contributed by atoms with Crippen LogP contribution in [0.5, 0.6) is 0 Å². The minimum atomic E-state index is -0.998. The second-order valence-electron chi connectivity index (χ2n) is 4.78. The van der Waals surface area contributed by atoms with E-state index >= 15 is 0 Å². The van der Waals surface area contributed by atoms with E-state index in [0.29, 0.717) is 30.3 Å². The molecule has 2 aliphatic heterocycles. The standard InChI is InChI=1S/C13H13FN2O3S/c14-9-2-1-8-3-4-15(10(8)5-9)13(19)16-7-20-6-11(16)12(17)18/h1-2,5,11H,3-4,6-7H2,(H,17,18)/t11-/m0/s1. The molecule has 1 aromatic carbocycles. The van der Waals surface area contributed by atoms with E-state index in [1.165, 1.54) is 33.7 Å². The van der Waals surface area contributed by atoms with E-state index in [2.05, 4.69) is 0 Å². The molecule has 0 spiro atoms. The second kappa shape index (κ2) is 4.97. The Labute approximate surface area is 119 Å². The number of carbonyl (C=O) groups excluding carboxylic acids is 1. The summed E-state index contributed by atoms with van der Waals surface area (Å²) in [7, 11) is 0. The predicted molar refractivity (Wildman–Crippen MR) is 73.4 cm³/mol. The average molecular weight is 296 g/mol. The number of benzene rings is 1. The molecule has 0 bridgehead atoms. The van der Waals surface area contributed by atoms with Gasteiger partial charge < -0.3 is 10.0 Å². The van der Waals surface area contributed by atoms with Crippen molar-refractivity contribution in [1.29, 1.82) is 0 Å². The number of aliphatic carboxylic acids is 1. The van der Waals surface area contributed by atoms with Gasteiger partial charge in [-0.25, -0.2) is 14.0 Å². The molecule has 3 rings (SSSR count). The number of rotatable bonds is 1. The number of anilines is 1. The number of hydrogen-bond acceptors (Lipinski definition) is 3. The van der Waals surface area contributed by atoms with Crippen LogP contribution in [0, 0.1) is 5.82 Å². The SMILES string of the molecule is O=C(O)[C@@H]1CSCN1C(=O)N1CCc2ccc(F)cc21. The maximum absolute atomic E-state index is 13.3. The number of carboxylic acid groups (broad SMARTS) is 1. The van der Waals surface area contributed by atoms with Crippen LogP contribution in [0.1, 0.15) is 5.56 Å². The summed E-state index contributed by atoms with van der Waals surface area (Å²) in [4.78, 5) is 26.4. The lowest BCUT2D eigenvalue weighted by atomic mass is 10.2. The van der Waals surface area contributed by atoms with Crippen LogP contribution in [0.15, 0.2) is 18.2 Å². The zero-order valence-electron chi connectivity index (χ0n) is 10.6. The van der Waals surface area contributed by atoms with Gasteiger partial charge in [-0.2, -0.15) is 0 Å². The van der Waals surface area contributed by atoms with Crippen LogP contribution < -0.4 is 4.90 Å². The number of urea groups is 1. The normalized spacial score (nSPS) is 21.1. The molecule has 1 N–H and O–H groups in total. The first kappa shape index (κ1) is 13.2. The van der Waals surface area contributed by atoms with Crippen molar-refractivity contribution in [1.82, 2.24) is 4.90 Å². The molecule has 1 aromatic rings. The molecule has 0 aromatic heterocycles. The second-order valence-corrected chi connectivity index (χ2v) is 5.78. The summed E-state index contributed by atoms with van der Waals surface area (Å²) in [5, 5.41) is 9.13. The van der Waals surface area contributed by atoms with Gasteiger partial charge in [0.05, 0.1) is 11.6 Å². The number of carbonyl (C=O) groups is 2. The van der Waals surface area contributed by atoms with Crippen molar-refractivity contribution in [3.63, 3.8) is 0 Å². The lowest BCUT2D eigenvalue weighted by molar-refractivity contribution is -0.140. The van der Waals surface area contributed by atoms with Gasteiger partial charge in [-0.3, -0.25) is 4.90 Å². The molecule has 20 heavy (non-hydrogen) atoms. The Morgan fingerprint density at radius 1 is 1.40 bits per heavy atom. The molecule has 0 aliphatic carbocycles. The maximum atomic E-state index is 13.3. The van der Waals surface area contributed by atoms with E-state index in [1.807, 2.05) is 0 Å². The minimum Gasteiger partial charge on any atom is -0.480 e. The maximum Gasteiger partial charge on any atom is 0.327 e. The molecular weight excluding hydrogens is 283 g/mol. The van der Waals surface area contributed by atoms with Crippen LogP contribution in [0.25, 0.3) is 0 Å². The Morgan fingerprint density at radius 2 is 2.20 bits per heavy atom. The number of hydrogen-bond donors (Lipinski definition) is 1. The summed E-state index contributed by atoms with van der Waals surface area (Å²) in [6.07, 6.45) is 0.667. The van der Waals surface area contributed by atoms with Gasteiger partial charge in [0, 0.05) is 12.3 Å². The van der Waals surface area contributed by atoms with Crippen LogP contribution in [0.2, 0.25) is 0 Å². The third-order valence-electron chi connectivity index (χ3n) is 3.59. The zero-order chi connectivity index (χ0) is 14.3. The lowest BCUT2D eigenvalue weighted by Gasteiger charge is -2.27. The molecule has 2 aliphatic rings. The largest absolute Gasteiger partial charge is 0.480 e. The molecule has 0 radical (unpaired) electrons. The fourth-order valence-corrected chi connectivity index (χ4v) is 3.68. The minimum absolute atomic E-state index is 0.355. The number of carboxylic acids is 1. The van der Waals surface area contributed by atoms with Crippen LogP contribution in [0.4, 0.5) is 14.9 Å². The molecule has 0 unspecified atom stereocenters. The van der Waals surface area contributed by atoms with Gasteiger partial charge in [0.25, 0.3) is 0 Å². The summed E-state index contributed by atoms with van der Waals surface area (Å²) in [5.74, 6) is -0.641. The number of nitrogens with zero attached hydrogens (tertiary/aromatic N) is 2. The summed E-state index contributed by atoms with van der Waals surface area (Å²) >= 11 is 1.41. The Bertz CT molecular complexity index is 581. The van der Waals surface area contributed by atoms with Gasteiger partial charge >= 0.3 is 12.0 Å². The van der Waals surface area contributed by atoms with Crippen molar-refractivity contribution in [3.05, 3.63) is 29.6 Å². The first-order valence-electron chi connectivity index (χ1n) is 6.25. The van der Waals surface area contributed by atoms with Crippen LogP contribution in [-0.2, 0) is 11.2 Å². The van der Waals surface area contributed by atoms with Crippen molar-refractivity contribution in [2.45, 2.75) is 12.5 Å². The van der Waals surface area contributed by atoms with E-state index in [-0.39, 0.29) is 6.03 Å². The fourth-order valence-electron chi connectivity index (χ4n) is 2.54. The summed E-state index contributed by atoms with van der Waals surface area (Å²) < 4.78 is 13.3. The molecule has 5 nitrogen and oxygen atoms in total. The fraction of sp³-hybridized carbons (Fsp3) is 0.385. The smallest absolute Gasteiger partial charge is 0.327 e. The Kier molecular flexibility index (Phi) is 3.29. The topological polar surface area (TPSA) is 60.9 Å². The molecule has 1 saturated heterocycles. The van der Waals surface area contributed by atoms with E-state index in [1.54, 1.807) is 6.07 Å².